The number of amides is 1. The maximum Gasteiger partial charge on any atom is 0.257 e. The lowest BCUT2D eigenvalue weighted by molar-refractivity contribution is -0.110. The zero-order chi connectivity index (χ0) is 22.9. The van der Waals surface area contributed by atoms with Crippen molar-refractivity contribution >= 4 is 28.4 Å². The van der Waals surface area contributed by atoms with Gasteiger partial charge in [-0.15, -0.1) is 0 Å². The summed E-state index contributed by atoms with van der Waals surface area (Å²) in [5.74, 6) is -1.83. The first kappa shape index (κ1) is 21.3. The highest BCUT2D eigenvalue weighted by Crippen LogP contribution is 2.40. The number of likely N-dealkylation sites (tertiary alicyclic amines) is 1. The number of nitrogens with one attached hydrogen (secondary N) is 3. The minimum absolute atomic E-state index is 0.311. The van der Waals surface area contributed by atoms with Gasteiger partial charge in [0.25, 0.3) is 5.91 Å². The van der Waals surface area contributed by atoms with Gasteiger partial charge in [0.2, 0.25) is 0 Å². The molecular weight excluding hydrogens is 424 g/mol. The van der Waals surface area contributed by atoms with E-state index in [1.165, 1.54) is 6.07 Å². The molecule has 1 saturated heterocycles. The second-order valence-electron chi connectivity index (χ2n) is 8.38. The second kappa shape index (κ2) is 8.78. The fourth-order valence-corrected chi connectivity index (χ4v) is 4.59. The van der Waals surface area contributed by atoms with E-state index in [-0.39, 0.29) is 5.91 Å². The summed E-state index contributed by atoms with van der Waals surface area (Å²) < 4.78 is 27.7. The summed E-state index contributed by atoms with van der Waals surface area (Å²) in [5.41, 5.74) is 3.45. The molecule has 3 heterocycles. The normalized spacial score (nSPS) is 18.2. The predicted octanol–water partition coefficient (Wildman–Crippen LogP) is 4.50. The number of benzene rings is 2. The van der Waals surface area contributed by atoms with Crippen LogP contribution in [-0.2, 0) is 4.79 Å². The molecule has 0 atom stereocenters. The lowest BCUT2D eigenvalue weighted by Gasteiger charge is -2.32. The van der Waals surface area contributed by atoms with Crippen LogP contribution < -0.4 is 10.6 Å². The lowest BCUT2D eigenvalue weighted by atomic mass is 9.94. The first-order valence-corrected chi connectivity index (χ1v) is 11.2. The Morgan fingerprint density at radius 1 is 1.15 bits per heavy atom. The van der Waals surface area contributed by atoms with E-state index in [0.29, 0.717) is 39.8 Å². The monoisotopic (exact) mass is 449 g/mol. The maximum absolute atomic E-state index is 14.1. The Labute approximate surface area is 190 Å². The molecule has 0 unspecified atom stereocenters. The Kier molecular flexibility index (Phi) is 5.68. The van der Waals surface area contributed by atoms with Crippen molar-refractivity contribution in [2.45, 2.75) is 25.8 Å². The number of aromatic nitrogens is 2. The molecule has 1 aromatic heterocycles. The Morgan fingerprint density at radius 3 is 2.67 bits per heavy atom. The van der Waals surface area contributed by atoms with Gasteiger partial charge in [-0.05, 0) is 55.3 Å². The summed E-state index contributed by atoms with van der Waals surface area (Å²) >= 11 is 0. The fourth-order valence-electron chi connectivity index (χ4n) is 4.59. The minimum atomic E-state index is -0.982. The van der Waals surface area contributed by atoms with Crippen molar-refractivity contribution in [2.24, 2.45) is 0 Å². The molecule has 0 saturated carbocycles. The molecule has 3 N–H and O–H groups in total. The number of piperidine rings is 1. The van der Waals surface area contributed by atoms with Crippen LogP contribution in [0.25, 0.3) is 11.1 Å². The minimum Gasteiger partial charge on any atom is -0.382 e. The molecule has 2 aromatic carbocycles. The third-order valence-corrected chi connectivity index (χ3v) is 6.36. The molecule has 1 fully saturated rings. The van der Waals surface area contributed by atoms with E-state index in [4.69, 9.17) is 0 Å². The van der Waals surface area contributed by atoms with E-state index in [0.717, 1.165) is 50.3 Å². The van der Waals surface area contributed by atoms with Crippen LogP contribution in [0.5, 0.6) is 0 Å². The molecule has 8 heteroatoms. The van der Waals surface area contributed by atoms with Crippen molar-refractivity contribution in [3.8, 4) is 0 Å². The number of nitrogens with zero attached hydrogens (tertiary/aromatic N) is 2. The number of rotatable bonds is 5. The Bertz CT molecular complexity index is 1210. The third kappa shape index (κ3) is 4.14. The highest BCUT2D eigenvalue weighted by atomic mass is 19.2. The molecule has 1 amide bonds. The summed E-state index contributed by atoms with van der Waals surface area (Å²) in [6.45, 7) is 5.36. The van der Waals surface area contributed by atoms with Gasteiger partial charge in [0, 0.05) is 54.0 Å². The molecule has 170 valence electrons. The fraction of sp³-hybridized carbons (Fsp3) is 0.280. The molecular formula is C25H25F2N5O. The maximum atomic E-state index is 14.1. The molecule has 5 rings (SSSR count). The van der Waals surface area contributed by atoms with Crippen LogP contribution in [0.2, 0.25) is 0 Å². The van der Waals surface area contributed by atoms with E-state index >= 15 is 0 Å². The molecule has 2 aliphatic rings. The number of H-pyrrole nitrogens is 1. The van der Waals surface area contributed by atoms with Crippen LogP contribution in [0.4, 0.5) is 20.2 Å². The Morgan fingerprint density at radius 2 is 1.97 bits per heavy atom. The highest BCUT2D eigenvalue weighted by molar-refractivity contribution is 6.38. The van der Waals surface area contributed by atoms with Gasteiger partial charge in [0.15, 0.2) is 11.6 Å². The number of hydrogen-bond acceptors (Lipinski definition) is 4. The average molecular weight is 450 g/mol. The molecule has 0 spiro atoms. The topological polar surface area (TPSA) is 73.0 Å². The van der Waals surface area contributed by atoms with Crippen LogP contribution in [0.1, 0.15) is 36.7 Å². The molecule has 2 aliphatic heterocycles. The first-order chi connectivity index (χ1) is 16.0. The van der Waals surface area contributed by atoms with Crippen LogP contribution in [0.15, 0.2) is 48.8 Å². The number of halogens is 2. The van der Waals surface area contributed by atoms with Crippen molar-refractivity contribution in [1.82, 2.24) is 14.9 Å². The van der Waals surface area contributed by atoms with E-state index in [9.17, 15) is 13.6 Å². The van der Waals surface area contributed by atoms with Crippen molar-refractivity contribution in [3.05, 3.63) is 77.4 Å². The summed E-state index contributed by atoms with van der Waals surface area (Å²) in [6, 6.07) is 9.74. The number of imidazole rings is 1. The van der Waals surface area contributed by atoms with Crippen LogP contribution in [-0.4, -0.2) is 46.5 Å². The molecule has 0 aliphatic carbocycles. The summed E-state index contributed by atoms with van der Waals surface area (Å²) in [5, 5.41) is 6.49. The quantitative estimate of drug-likeness (QED) is 0.502. The van der Waals surface area contributed by atoms with E-state index < -0.39 is 11.6 Å². The van der Waals surface area contributed by atoms with Crippen molar-refractivity contribution in [2.75, 3.05) is 30.3 Å². The molecule has 3 aromatic rings. The van der Waals surface area contributed by atoms with Crippen molar-refractivity contribution < 1.29 is 13.6 Å². The zero-order valence-corrected chi connectivity index (χ0v) is 18.3. The number of anilines is 2. The van der Waals surface area contributed by atoms with Gasteiger partial charge in [-0.2, -0.15) is 0 Å². The summed E-state index contributed by atoms with van der Waals surface area (Å²) in [4.78, 5) is 22.8. The number of fused-ring (bicyclic) bond motifs is 1. The standard InChI is InChI=1S/C25H25F2N5O/c1-2-32-11-7-16(8-12-32)30-17-4-6-21-18(14-17)23(25(33)31-21)22(24-28-9-10-29-24)15-3-5-19(26)20(27)13-15/h3-6,9-10,13-14,16,30H,2,7-8,11-12H2,1H3,(H,28,29)(H,31,33)/b23-22-. The van der Waals surface area contributed by atoms with E-state index in [2.05, 4.69) is 32.4 Å². The number of aromatic amines is 1. The smallest absolute Gasteiger partial charge is 0.257 e. The second-order valence-corrected chi connectivity index (χ2v) is 8.38. The first-order valence-electron chi connectivity index (χ1n) is 11.2. The average Bonchev–Trinajstić information content (AvgIpc) is 3.45. The van der Waals surface area contributed by atoms with Crippen molar-refractivity contribution in [1.29, 1.82) is 0 Å². The predicted molar refractivity (Wildman–Crippen MR) is 125 cm³/mol. The third-order valence-electron chi connectivity index (χ3n) is 6.36. The van der Waals surface area contributed by atoms with Gasteiger partial charge in [0.05, 0.1) is 5.57 Å². The van der Waals surface area contributed by atoms with Gasteiger partial charge >= 0.3 is 0 Å². The number of carbonyl (C=O) groups excluding carboxylic acids is 1. The SMILES string of the molecule is CCN1CCC(Nc2ccc3c(c2)/C(=C(\c2ccc(F)c(F)c2)c2ncc[nH]2)C(=O)N3)CC1. The van der Waals surface area contributed by atoms with Crippen LogP contribution >= 0.6 is 0 Å². The molecule has 0 radical (unpaired) electrons. The van der Waals surface area contributed by atoms with Gasteiger partial charge in [-0.3, -0.25) is 4.79 Å². The highest BCUT2D eigenvalue weighted by Gasteiger charge is 2.30. The Balaban J connectivity index is 1.56. The van der Waals surface area contributed by atoms with Gasteiger partial charge in [-0.25, -0.2) is 13.8 Å². The summed E-state index contributed by atoms with van der Waals surface area (Å²) in [6.07, 6.45) is 5.29. The Hall–Kier alpha value is -3.52. The largest absolute Gasteiger partial charge is 0.382 e. The number of carbonyl (C=O) groups is 1. The number of hydrogen-bond donors (Lipinski definition) is 3. The molecule has 6 nitrogen and oxygen atoms in total. The van der Waals surface area contributed by atoms with Gasteiger partial charge < -0.3 is 20.5 Å². The van der Waals surface area contributed by atoms with Crippen LogP contribution in [0.3, 0.4) is 0 Å². The van der Waals surface area contributed by atoms with Gasteiger partial charge in [-0.1, -0.05) is 13.0 Å². The molecule has 33 heavy (non-hydrogen) atoms. The summed E-state index contributed by atoms with van der Waals surface area (Å²) in [7, 11) is 0. The van der Waals surface area contributed by atoms with E-state index in [1.807, 2.05) is 18.2 Å². The van der Waals surface area contributed by atoms with Gasteiger partial charge in [0.1, 0.15) is 5.82 Å². The van der Waals surface area contributed by atoms with Crippen molar-refractivity contribution in [3.63, 3.8) is 0 Å². The van der Waals surface area contributed by atoms with E-state index in [1.54, 1.807) is 12.4 Å². The van der Waals surface area contributed by atoms with Crippen LogP contribution in [0, 0.1) is 11.6 Å². The zero-order valence-electron chi connectivity index (χ0n) is 18.3. The lowest BCUT2D eigenvalue weighted by Crippen LogP contribution is -2.38. The molecule has 0 bridgehead atoms.